The van der Waals surface area contributed by atoms with Gasteiger partial charge < -0.3 is 9.64 Å². The minimum atomic E-state index is -0.270. The van der Waals surface area contributed by atoms with E-state index in [1.807, 2.05) is 31.4 Å². The van der Waals surface area contributed by atoms with Gasteiger partial charge in [0.1, 0.15) is 5.75 Å². The van der Waals surface area contributed by atoms with Crippen molar-refractivity contribution in [3.63, 3.8) is 0 Å². The Bertz CT molecular complexity index is 1030. The first-order valence-corrected chi connectivity index (χ1v) is 9.66. The number of nitrogens with zero attached hydrogens (tertiary/aromatic N) is 3. The maximum Gasteiger partial charge on any atom is 0.259 e. The number of benzene rings is 2. The van der Waals surface area contributed by atoms with Crippen molar-refractivity contribution in [2.45, 2.75) is 6.54 Å². The second kappa shape index (κ2) is 7.19. The Hall–Kier alpha value is -2.02. The van der Waals surface area contributed by atoms with Gasteiger partial charge in [-0.25, -0.2) is 0 Å². The maximum atomic E-state index is 13.0. The summed E-state index contributed by atoms with van der Waals surface area (Å²) in [6.07, 6.45) is 3.58. The third-order valence-corrected chi connectivity index (χ3v) is 5.58. The molecule has 0 fully saturated rings. The minimum Gasteiger partial charge on any atom is -0.471 e. The highest BCUT2D eigenvalue weighted by Crippen LogP contribution is 2.36. The van der Waals surface area contributed by atoms with Gasteiger partial charge in [-0.2, -0.15) is 5.10 Å². The summed E-state index contributed by atoms with van der Waals surface area (Å²) in [5, 5.41) is 4.74. The summed E-state index contributed by atoms with van der Waals surface area (Å²) < 4.78 is 8.30. The molecule has 1 aliphatic rings. The van der Waals surface area contributed by atoms with Crippen LogP contribution in [-0.4, -0.2) is 27.3 Å². The normalized spacial score (nSPS) is 13.3. The lowest BCUT2D eigenvalue weighted by molar-refractivity contribution is 0.0512. The van der Waals surface area contributed by atoms with Crippen molar-refractivity contribution in [2.24, 2.45) is 7.05 Å². The first-order valence-electron chi connectivity index (χ1n) is 8.11. The fraction of sp³-hybridized carbons (Fsp3) is 0.158. The number of rotatable bonds is 2. The summed E-state index contributed by atoms with van der Waals surface area (Å²) in [4.78, 5) is 14.6. The number of aromatic nitrogens is 2. The van der Waals surface area contributed by atoms with E-state index in [0.29, 0.717) is 16.6 Å². The third kappa shape index (κ3) is 3.45. The van der Waals surface area contributed by atoms with E-state index in [2.05, 4.69) is 21.0 Å². The van der Waals surface area contributed by atoms with Gasteiger partial charge in [0.15, 0.2) is 6.73 Å². The van der Waals surface area contributed by atoms with Crippen molar-refractivity contribution in [3.8, 4) is 16.9 Å². The van der Waals surface area contributed by atoms with Crippen LogP contribution in [0.3, 0.4) is 0 Å². The van der Waals surface area contributed by atoms with Crippen molar-refractivity contribution >= 4 is 45.0 Å². The molecule has 1 aromatic heterocycles. The highest BCUT2D eigenvalue weighted by atomic mass is 79.9. The topological polar surface area (TPSA) is 47.4 Å². The molecule has 3 aromatic rings. The number of amides is 1. The number of carbonyl (C=O) groups is 1. The van der Waals surface area contributed by atoms with E-state index in [0.717, 1.165) is 26.9 Å². The molecule has 4 rings (SSSR count). The number of ether oxygens (including phenoxy) is 1. The average Bonchev–Trinajstić information content (AvgIpc) is 3.07. The summed E-state index contributed by atoms with van der Waals surface area (Å²) in [7, 11) is 1.83. The largest absolute Gasteiger partial charge is 0.471 e. The van der Waals surface area contributed by atoms with Crippen LogP contribution < -0.4 is 4.74 Å². The standard InChI is InChI=1S/C19H14BrCl2N3O2/c1-24-8-13(7-23-24)12-5-15(21)17(16(22)6-12)19(26)25-9-11-3-2-4-14(20)18(11)27-10-25/h2-8H,9-10H2,1H3. The summed E-state index contributed by atoms with van der Waals surface area (Å²) in [5.74, 6) is 0.485. The van der Waals surface area contributed by atoms with E-state index in [1.54, 1.807) is 27.9 Å². The van der Waals surface area contributed by atoms with Crippen LogP contribution in [0.25, 0.3) is 11.1 Å². The van der Waals surface area contributed by atoms with Crippen LogP contribution in [0.2, 0.25) is 10.0 Å². The maximum absolute atomic E-state index is 13.0. The Morgan fingerprint density at radius 2 is 1.96 bits per heavy atom. The molecular weight excluding hydrogens is 453 g/mol. The van der Waals surface area contributed by atoms with Crippen LogP contribution in [0.4, 0.5) is 0 Å². The molecule has 27 heavy (non-hydrogen) atoms. The molecule has 0 bridgehead atoms. The van der Waals surface area contributed by atoms with E-state index in [-0.39, 0.29) is 18.2 Å². The molecule has 0 atom stereocenters. The molecule has 0 saturated carbocycles. The molecule has 1 aliphatic heterocycles. The molecule has 0 radical (unpaired) electrons. The molecule has 0 N–H and O–H groups in total. The lowest BCUT2D eigenvalue weighted by Crippen LogP contribution is -2.37. The van der Waals surface area contributed by atoms with Crippen LogP contribution in [0.5, 0.6) is 5.75 Å². The average molecular weight is 467 g/mol. The van der Waals surface area contributed by atoms with Crippen molar-refractivity contribution in [2.75, 3.05) is 6.73 Å². The minimum absolute atomic E-state index is 0.130. The highest BCUT2D eigenvalue weighted by Gasteiger charge is 2.27. The summed E-state index contributed by atoms with van der Waals surface area (Å²) in [6, 6.07) is 9.19. The molecule has 0 unspecified atom stereocenters. The van der Waals surface area contributed by atoms with Gasteiger partial charge in [-0.15, -0.1) is 0 Å². The van der Waals surface area contributed by atoms with Crippen molar-refractivity contribution < 1.29 is 9.53 Å². The quantitative estimate of drug-likeness (QED) is 0.524. The van der Waals surface area contributed by atoms with Gasteiger partial charge in [-0.3, -0.25) is 9.48 Å². The van der Waals surface area contributed by atoms with Gasteiger partial charge in [0.2, 0.25) is 0 Å². The number of fused-ring (bicyclic) bond motifs is 1. The summed E-state index contributed by atoms with van der Waals surface area (Å²) in [5.41, 5.74) is 2.87. The fourth-order valence-corrected chi connectivity index (χ4v) is 4.21. The van der Waals surface area contributed by atoms with Gasteiger partial charge in [0.05, 0.1) is 32.8 Å². The molecule has 8 heteroatoms. The van der Waals surface area contributed by atoms with E-state index in [4.69, 9.17) is 27.9 Å². The summed E-state index contributed by atoms with van der Waals surface area (Å²) in [6.45, 7) is 0.552. The number of para-hydroxylation sites is 1. The first kappa shape index (κ1) is 18.3. The second-order valence-corrected chi connectivity index (χ2v) is 7.89. The monoisotopic (exact) mass is 465 g/mol. The van der Waals surface area contributed by atoms with Gasteiger partial charge in [-0.05, 0) is 39.7 Å². The Balaban J connectivity index is 1.64. The number of hydrogen-bond acceptors (Lipinski definition) is 3. The van der Waals surface area contributed by atoms with Crippen LogP contribution in [-0.2, 0) is 13.6 Å². The lowest BCUT2D eigenvalue weighted by atomic mass is 10.1. The predicted octanol–water partition coefficient (Wildman–Crippen LogP) is 5.15. The number of carbonyl (C=O) groups excluding carboxylic acids is 1. The van der Waals surface area contributed by atoms with Gasteiger partial charge in [0.25, 0.3) is 5.91 Å². The smallest absolute Gasteiger partial charge is 0.259 e. The molecule has 5 nitrogen and oxygen atoms in total. The van der Waals surface area contributed by atoms with Gasteiger partial charge in [-0.1, -0.05) is 35.3 Å². The second-order valence-electron chi connectivity index (χ2n) is 6.22. The van der Waals surface area contributed by atoms with E-state index < -0.39 is 0 Å². The number of aryl methyl sites for hydroxylation is 1. The van der Waals surface area contributed by atoms with Crippen molar-refractivity contribution in [3.05, 3.63) is 68.4 Å². The molecule has 0 saturated heterocycles. The SMILES string of the molecule is Cn1cc(-c2cc(Cl)c(C(=O)N3COc4c(Br)cccc4C3)c(Cl)c2)cn1. The molecule has 0 spiro atoms. The van der Waals surface area contributed by atoms with E-state index >= 15 is 0 Å². The molecule has 1 amide bonds. The fourth-order valence-electron chi connectivity index (χ4n) is 3.04. The Labute approximate surface area is 174 Å². The Kier molecular flexibility index (Phi) is 4.88. The van der Waals surface area contributed by atoms with Crippen LogP contribution >= 0.6 is 39.1 Å². The number of halogens is 3. The van der Waals surface area contributed by atoms with Crippen LogP contribution in [0, 0.1) is 0 Å². The molecule has 2 aromatic carbocycles. The van der Waals surface area contributed by atoms with Crippen molar-refractivity contribution in [1.29, 1.82) is 0 Å². The molecule has 0 aliphatic carbocycles. The Morgan fingerprint density at radius 3 is 2.63 bits per heavy atom. The first-order chi connectivity index (χ1) is 12.9. The highest BCUT2D eigenvalue weighted by molar-refractivity contribution is 9.10. The zero-order valence-electron chi connectivity index (χ0n) is 14.2. The molecular formula is C19H14BrCl2N3O2. The zero-order chi connectivity index (χ0) is 19.1. The van der Waals surface area contributed by atoms with Gasteiger partial charge >= 0.3 is 0 Å². The summed E-state index contributed by atoms with van der Waals surface area (Å²) >= 11 is 16.3. The number of hydrogen-bond donors (Lipinski definition) is 0. The third-order valence-electron chi connectivity index (χ3n) is 4.36. The predicted molar refractivity (Wildman–Crippen MR) is 108 cm³/mol. The van der Waals surface area contributed by atoms with E-state index in [9.17, 15) is 4.79 Å². The van der Waals surface area contributed by atoms with Crippen molar-refractivity contribution in [1.82, 2.24) is 14.7 Å². The Morgan fingerprint density at radius 1 is 1.22 bits per heavy atom. The zero-order valence-corrected chi connectivity index (χ0v) is 17.3. The lowest BCUT2D eigenvalue weighted by Gasteiger charge is -2.30. The van der Waals surface area contributed by atoms with Crippen LogP contribution in [0.15, 0.2) is 47.2 Å². The van der Waals surface area contributed by atoms with Crippen LogP contribution in [0.1, 0.15) is 15.9 Å². The molecule has 2 heterocycles. The van der Waals surface area contributed by atoms with Gasteiger partial charge in [0, 0.05) is 24.4 Å². The van der Waals surface area contributed by atoms with E-state index in [1.165, 1.54) is 0 Å². The molecule has 138 valence electrons.